The van der Waals surface area contributed by atoms with Crippen LogP contribution in [0, 0.1) is 21.4 Å². The Bertz CT molecular complexity index is 893. The monoisotopic (exact) mass is 347 g/mol. The van der Waals surface area contributed by atoms with Crippen LogP contribution >= 0.6 is 0 Å². The molecule has 0 unspecified atom stereocenters. The van der Waals surface area contributed by atoms with Crippen LogP contribution in [0.3, 0.4) is 0 Å². The summed E-state index contributed by atoms with van der Waals surface area (Å²) in [5.41, 5.74) is 1.94. The Morgan fingerprint density at radius 2 is 1.92 bits per heavy atom. The Labute approximate surface area is 151 Å². The van der Waals surface area contributed by atoms with E-state index in [2.05, 4.69) is 0 Å². The third-order valence-corrected chi connectivity index (χ3v) is 4.26. The third kappa shape index (κ3) is 4.14. The standard InChI is InChI=1S/C20H17N3O3/c21-13-16-7-5-15(6-8-16)9-12-20(24)22(18-10-11-18)14-17-3-1-2-4-19(17)23(25)26/h1-9,12,18H,10-11,14H2/b12-9+. The van der Waals surface area contributed by atoms with E-state index in [0.717, 1.165) is 18.4 Å². The summed E-state index contributed by atoms with van der Waals surface area (Å²) in [6, 6.07) is 15.6. The fourth-order valence-electron chi connectivity index (χ4n) is 2.71. The summed E-state index contributed by atoms with van der Waals surface area (Å²) in [7, 11) is 0. The summed E-state index contributed by atoms with van der Waals surface area (Å²) < 4.78 is 0. The molecule has 0 bridgehead atoms. The van der Waals surface area contributed by atoms with E-state index in [1.54, 1.807) is 53.4 Å². The zero-order chi connectivity index (χ0) is 18.5. The van der Waals surface area contributed by atoms with Gasteiger partial charge in [-0.1, -0.05) is 30.3 Å². The first-order valence-corrected chi connectivity index (χ1v) is 8.29. The number of nitro groups is 1. The van der Waals surface area contributed by atoms with E-state index in [4.69, 9.17) is 5.26 Å². The number of carbonyl (C=O) groups is 1. The minimum Gasteiger partial charge on any atom is -0.332 e. The molecule has 6 nitrogen and oxygen atoms in total. The molecule has 2 aromatic carbocycles. The number of nitrogens with zero attached hydrogens (tertiary/aromatic N) is 3. The highest BCUT2D eigenvalue weighted by molar-refractivity contribution is 5.92. The smallest absolute Gasteiger partial charge is 0.274 e. The van der Waals surface area contributed by atoms with E-state index < -0.39 is 4.92 Å². The number of hydrogen-bond acceptors (Lipinski definition) is 4. The molecule has 1 saturated carbocycles. The first-order chi connectivity index (χ1) is 12.6. The number of para-hydroxylation sites is 1. The number of rotatable bonds is 6. The van der Waals surface area contributed by atoms with E-state index in [0.29, 0.717) is 11.1 Å². The van der Waals surface area contributed by atoms with Crippen molar-refractivity contribution >= 4 is 17.7 Å². The van der Waals surface area contributed by atoms with Gasteiger partial charge in [0.1, 0.15) is 0 Å². The molecule has 1 amide bonds. The third-order valence-electron chi connectivity index (χ3n) is 4.26. The van der Waals surface area contributed by atoms with Crippen LogP contribution in [0.5, 0.6) is 0 Å². The van der Waals surface area contributed by atoms with Crippen molar-refractivity contribution in [1.82, 2.24) is 4.90 Å². The molecule has 0 aliphatic heterocycles. The van der Waals surface area contributed by atoms with Crippen LogP contribution in [0.1, 0.15) is 29.5 Å². The number of nitro benzene ring substituents is 1. The summed E-state index contributed by atoms with van der Waals surface area (Å²) in [5, 5.41) is 20.0. The molecular formula is C20H17N3O3. The summed E-state index contributed by atoms with van der Waals surface area (Å²) in [6.07, 6.45) is 5.00. The molecule has 0 radical (unpaired) electrons. The molecule has 130 valence electrons. The van der Waals surface area contributed by atoms with Gasteiger partial charge in [0.2, 0.25) is 5.91 Å². The van der Waals surface area contributed by atoms with Crippen LogP contribution in [-0.4, -0.2) is 21.8 Å². The number of carbonyl (C=O) groups excluding carboxylic acids is 1. The van der Waals surface area contributed by atoms with Crippen molar-refractivity contribution in [3.63, 3.8) is 0 Å². The SMILES string of the molecule is N#Cc1ccc(/C=C/C(=O)N(Cc2ccccc2[N+](=O)[O-])C2CC2)cc1. The molecular weight excluding hydrogens is 330 g/mol. The van der Waals surface area contributed by atoms with E-state index in [1.807, 2.05) is 6.07 Å². The molecule has 26 heavy (non-hydrogen) atoms. The van der Waals surface area contributed by atoms with Gasteiger partial charge in [-0.15, -0.1) is 0 Å². The van der Waals surface area contributed by atoms with Crippen molar-refractivity contribution in [3.8, 4) is 6.07 Å². The first kappa shape index (κ1) is 17.4. The molecule has 0 spiro atoms. The van der Waals surface area contributed by atoms with Crippen LogP contribution < -0.4 is 0 Å². The normalized spacial score (nSPS) is 13.3. The van der Waals surface area contributed by atoms with Gasteiger partial charge in [-0.25, -0.2) is 0 Å². The highest BCUT2D eigenvalue weighted by Gasteiger charge is 2.32. The van der Waals surface area contributed by atoms with E-state index >= 15 is 0 Å². The molecule has 3 rings (SSSR count). The second-order valence-electron chi connectivity index (χ2n) is 6.15. The number of amides is 1. The molecule has 6 heteroatoms. The Morgan fingerprint density at radius 3 is 2.54 bits per heavy atom. The van der Waals surface area contributed by atoms with Gasteiger partial charge in [-0.2, -0.15) is 5.26 Å². The van der Waals surface area contributed by atoms with Crippen molar-refractivity contribution in [3.05, 3.63) is 81.4 Å². The molecule has 1 aliphatic carbocycles. The Balaban J connectivity index is 1.76. The molecule has 2 aromatic rings. The van der Waals surface area contributed by atoms with Crippen molar-refractivity contribution < 1.29 is 9.72 Å². The molecule has 1 aliphatic rings. The van der Waals surface area contributed by atoms with Crippen LogP contribution in [0.2, 0.25) is 0 Å². The minimum absolute atomic E-state index is 0.0296. The number of benzene rings is 2. The molecule has 0 heterocycles. The summed E-state index contributed by atoms with van der Waals surface area (Å²) >= 11 is 0. The maximum Gasteiger partial charge on any atom is 0.274 e. The second-order valence-corrected chi connectivity index (χ2v) is 6.15. The molecule has 1 fully saturated rings. The molecule has 0 atom stereocenters. The van der Waals surface area contributed by atoms with Crippen LogP contribution in [0.25, 0.3) is 6.08 Å². The predicted octanol–water partition coefficient (Wildman–Crippen LogP) is 3.67. The molecule has 0 saturated heterocycles. The van der Waals surface area contributed by atoms with Gasteiger partial charge < -0.3 is 4.90 Å². The highest BCUT2D eigenvalue weighted by atomic mass is 16.6. The predicted molar refractivity (Wildman–Crippen MR) is 96.9 cm³/mol. The van der Waals surface area contributed by atoms with Crippen molar-refractivity contribution in [2.45, 2.75) is 25.4 Å². The summed E-state index contributed by atoms with van der Waals surface area (Å²) in [6.45, 7) is 0.221. The van der Waals surface area contributed by atoms with Gasteiger partial charge in [-0.3, -0.25) is 14.9 Å². The van der Waals surface area contributed by atoms with Crippen molar-refractivity contribution in [2.75, 3.05) is 0 Å². The Morgan fingerprint density at radius 1 is 1.23 bits per heavy atom. The quantitative estimate of drug-likeness (QED) is 0.453. The van der Waals surface area contributed by atoms with Crippen molar-refractivity contribution in [2.24, 2.45) is 0 Å². The zero-order valence-corrected chi connectivity index (χ0v) is 14.0. The van der Waals surface area contributed by atoms with Gasteiger partial charge in [0.05, 0.1) is 23.1 Å². The lowest BCUT2D eigenvalue weighted by Crippen LogP contribution is -2.31. The summed E-state index contributed by atoms with van der Waals surface area (Å²) in [4.78, 5) is 25.1. The van der Waals surface area contributed by atoms with Gasteiger partial charge in [0.15, 0.2) is 0 Å². The van der Waals surface area contributed by atoms with E-state index in [9.17, 15) is 14.9 Å². The number of nitriles is 1. The highest BCUT2D eigenvalue weighted by Crippen LogP contribution is 2.30. The van der Waals surface area contributed by atoms with Crippen LogP contribution in [0.15, 0.2) is 54.6 Å². The van der Waals surface area contributed by atoms with Gasteiger partial charge in [-0.05, 0) is 36.6 Å². The molecule has 0 aromatic heterocycles. The van der Waals surface area contributed by atoms with E-state index in [1.165, 1.54) is 12.1 Å². The largest absolute Gasteiger partial charge is 0.332 e. The fourth-order valence-corrected chi connectivity index (χ4v) is 2.71. The lowest BCUT2D eigenvalue weighted by atomic mass is 10.1. The fraction of sp³-hybridized carbons (Fsp3) is 0.200. The minimum atomic E-state index is -0.419. The molecule has 0 N–H and O–H groups in total. The first-order valence-electron chi connectivity index (χ1n) is 8.29. The maximum absolute atomic E-state index is 12.6. The van der Waals surface area contributed by atoms with Gasteiger partial charge in [0.25, 0.3) is 5.69 Å². The second kappa shape index (κ2) is 7.62. The average molecular weight is 347 g/mol. The van der Waals surface area contributed by atoms with Crippen molar-refractivity contribution in [1.29, 1.82) is 5.26 Å². The van der Waals surface area contributed by atoms with Gasteiger partial charge >= 0.3 is 0 Å². The lowest BCUT2D eigenvalue weighted by Gasteiger charge is -2.20. The van der Waals surface area contributed by atoms with E-state index in [-0.39, 0.29) is 24.2 Å². The number of hydrogen-bond donors (Lipinski definition) is 0. The maximum atomic E-state index is 12.6. The van der Waals surface area contributed by atoms with Crippen LogP contribution in [-0.2, 0) is 11.3 Å². The Hall–Kier alpha value is -3.46. The average Bonchev–Trinajstić information content (AvgIpc) is 3.49. The zero-order valence-electron chi connectivity index (χ0n) is 14.0. The Kier molecular flexibility index (Phi) is 5.09. The van der Waals surface area contributed by atoms with Gasteiger partial charge in [0, 0.05) is 23.7 Å². The summed E-state index contributed by atoms with van der Waals surface area (Å²) in [5.74, 6) is -0.171. The topological polar surface area (TPSA) is 87.2 Å². The van der Waals surface area contributed by atoms with Crippen LogP contribution in [0.4, 0.5) is 5.69 Å². The lowest BCUT2D eigenvalue weighted by molar-refractivity contribution is -0.385.